The molecule has 1 aliphatic heterocycles. The highest BCUT2D eigenvalue weighted by Gasteiger charge is 2.21. The lowest BCUT2D eigenvalue weighted by molar-refractivity contribution is 0.0929. The molecule has 0 spiro atoms. The first-order chi connectivity index (χ1) is 7.27. The van der Waals surface area contributed by atoms with Crippen molar-refractivity contribution >= 4 is 29.5 Å². The Kier molecular flexibility index (Phi) is 5.41. The fraction of sp³-hybridized carbons (Fsp3) is 0.545. The van der Waals surface area contributed by atoms with Gasteiger partial charge in [-0.05, 0) is 31.5 Å². The fourth-order valence-electron chi connectivity index (χ4n) is 1.89. The van der Waals surface area contributed by atoms with Crippen LogP contribution in [-0.4, -0.2) is 43.4 Å². The molecule has 0 aromatic carbocycles. The van der Waals surface area contributed by atoms with Gasteiger partial charge in [-0.1, -0.05) is 6.07 Å². The zero-order valence-electron chi connectivity index (χ0n) is 9.31. The SMILES string of the molecule is CN(CC(=O)c1cccs1)[C@H]1CCNC1.Cl. The van der Waals surface area contributed by atoms with Crippen LogP contribution in [0.25, 0.3) is 0 Å². The number of thiophene rings is 1. The number of nitrogens with one attached hydrogen (secondary N) is 1. The molecular weight excluding hydrogens is 244 g/mol. The molecule has 1 aromatic heterocycles. The van der Waals surface area contributed by atoms with E-state index in [0.717, 1.165) is 24.4 Å². The van der Waals surface area contributed by atoms with Gasteiger partial charge in [0.1, 0.15) is 0 Å². The van der Waals surface area contributed by atoms with Crippen LogP contribution in [0.15, 0.2) is 17.5 Å². The van der Waals surface area contributed by atoms with Crippen LogP contribution in [0.5, 0.6) is 0 Å². The van der Waals surface area contributed by atoms with Crippen molar-refractivity contribution in [3.63, 3.8) is 0 Å². The second-order valence-electron chi connectivity index (χ2n) is 3.96. The lowest BCUT2D eigenvalue weighted by Gasteiger charge is -2.22. The molecular formula is C11H17ClN2OS. The van der Waals surface area contributed by atoms with Gasteiger partial charge in [0.25, 0.3) is 0 Å². The molecule has 0 bridgehead atoms. The van der Waals surface area contributed by atoms with Gasteiger partial charge < -0.3 is 5.32 Å². The maximum atomic E-state index is 11.8. The summed E-state index contributed by atoms with van der Waals surface area (Å²) in [7, 11) is 2.03. The molecule has 0 unspecified atom stereocenters. The van der Waals surface area contributed by atoms with E-state index in [1.165, 1.54) is 11.3 Å². The predicted octanol–water partition coefficient (Wildman–Crippen LogP) is 1.65. The molecule has 1 aliphatic rings. The van der Waals surface area contributed by atoms with Crippen LogP contribution < -0.4 is 5.32 Å². The average molecular weight is 261 g/mol. The fourth-order valence-corrected chi connectivity index (χ4v) is 2.54. The largest absolute Gasteiger partial charge is 0.315 e. The Labute approximate surface area is 106 Å². The number of ketones is 1. The van der Waals surface area contributed by atoms with E-state index in [9.17, 15) is 4.79 Å². The molecule has 0 radical (unpaired) electrons. The molecule has 1 saturated heterocycles. The Morgan fingerprint density at radius 2 is 2.50 bits per heavy atom. The normalized spacial score (nSPS) is 19.8. The second kappa shape index (κ2) is 6.35. The standard InChI is InChI=1S/C11H16N2OS.ClH/c1-13(9-4-5-12-7-9)8-10(14)11-3-2-6-15-11;/h2-3,6,9,12H,4-5,7-8H2,1H3;1H/t9-;/m0./s1. The number of rotatable bonds is 4. The molecule has 5 heteroatoms. The van der Waals surface area contributed by atoms with Gasteiger partial charge in [-0.2, -0.15) is 0 Å². The van der Waals surface area contributed by atoms with Crippen molar-refractivity contribution in [2.24, 2.45) is 0 Å². The van der Waals surface area contributed by atoms with Crippen LogP contribution >= 0.6 is 23.7 Å². The van der Waals surface area contributed by atoms with E-state index in [1.54, 1.807) is 0 Å². The summed E-state index contributed by atoms with van der Waals surface area (Å²) in [6, 6.07) is 4.34. The van der Waals surface area contributed by atoms with Gasteiger partial charge in [-0.25, -0.2) is 0 Å². The third-order valence-electron chi connectivity index (χ3n) is 2.85. The first-order valence-electron chi connectivity index (χ1n) is 5.25. The van der Waals surface area contributed by atoms with Crippen molar-refractivity contribution in [1.29, 1.82) is 0 Å². The Morgan fingerprint density at radius 1 is 1.69 bits per heavy atom. The van der Waals surface area contributed by atoms with Crippen LogP contribution in [0.1, 0.15) is 16.1 Å². The van der Waals surface area contributed by atoms with E-state index in [4.69, 9.17) is 0 Å². The molecule has 0 amide bonds. The molecule has 2 rings (SSSR count). The van der Waals surface area contributed by atoms with E-state index in [2.05, 4.69) is 10.2 Å². The summed E-state index contributed by atoms with van der Waals surface area (Å²) in [6.45, 7) is 2.61. The number of halogens is 1. The van der Waals surface area contributed by atoms with Gasteiger partial charge in [0, 0.05) is 12.6 Å². The van der Waals surface area contributed by atoms with E-state index in [-0.39, 0.29) is 18.2 Å². The summed E-state index contributed by atoms with van der Waals surface area (Å²) in [4.78, 5) is 14.8. The summed E-state index contributed by atoms with van der Waals surface area (Å²) < 4.78 is 0. The monoisotopic (exact) mass is 260 g/mol. The minimum absolute atomic E-state index is 0. The molecule has 90 valence electrons. The highest BCUT2D eigenvalue weighted by molar-refractivity contribution is 7.12. The van der Waals surface area contributed by atoms with Gasteiger partial charge in [-0.15, -0.1) is 23.7 Å². The zero-order valence-corrected chi connectivity index (χ0v) is 10.9. The maximum absolute atomic E-state index is 11.8. The average Bonchev–Trinajstić information content (AvgIpc) is 2.91. The summed E-state index contributed by atoms with van der Waals surface area (Å²) in [5.41, 5.74) is 0. The van der Waals surface area contributed by atoms with Crippen molar-refractivity contribution in [2.45, 2.75) is 12.5 Å². The van der Waals surface area contributed by atoms with E-state index in [0.29, 0.717) is 12.6 Å². The molecule has 1 atom stereocenters. The summed E-state index contributed by atoms with van der Waals surface area (Å²) in [5.74, 6) is 0.236. The third-order valence-corrected chi connectivity index (χ3v) is 3.76. The molecule has 0 aliphatic carbocycles. The number of carbonyl (C=O) groups excluding carboxylic acids is 1. The van der Waals surface area contributed by atoms with Gasteiger partial charge in [0.2, 0.25) is 0 Å². The van der Waals surface area contributed by atoms with Crippen LogP contribution in [0.2, 0.25) is 0 Å². The number of Topliss-reactive ketones (excluding diaryl/α,β-unsaturated/α-hetero) is 1. The van der Waals surface area contributed by atoms with Gasteiger partial charge in [-0.3, -0.25) is 9.69 Å². The molecule has 1 N–H and O–H groups in total. The molecule has 16 heavy (non-hydrogen) atoms. The van der Waals surface area contributed by atoms with Crippen molar-refractivity contribution in [3.05, 3.63) is 22.4 Å². The molecule has 1 fully saturated rings. The van der Waals surface area contributed by atoms with Crippen molar-refractivity contribution in [2.75, 3.05) is 26.7 Å². The lowest BCUT2D eigenvalue weighted by Crippen LogP contribution is -2.37. The predicted molar refractivity (Wildman–Crippen MR) is 69.8 cm³/mol. The van der Waals surface area contributed by atoms with Crippen molar-refractivity contribution in [3.8, 4) is 0 Å². The van der Waals surface area contributed by atoms with Crippen molar-refractivity contribution in [1.82, 2.24) is 10.2 Å². The zero-order chi connectivity index (χ0) is 10.7. The third kappa shape index (κ3) is 3.28. The second-order valence-corrected chi connectivity index (χ2v) is 4.91. The van der Waals surface area contributed by atoms with Crippen LogP contribution in [-0.2, 0) is 0 Å². The number of carbonyl (C=O) groups is 1. The summed E-state index contributed by atoms with van der Waals surface area (Å²) in [5, 5.41) is 5.26. The first-order valence-corrected chi connectivity index (χ1v) is 6.13. The maximum Gasteiger partial charge on any atom is 0.186 e. The Hall–Kier alpha value is -0.420. The highest BCUT2D eigenvalue weighted by atomic mass is 35.5. The molecule has 1 aromatic rings. The summed E-state index contributed by atoms with van der Waals surface area (Å²) in [6.07, 6.45) is 1.15. The Bertz CT molecular complexity index is 323. The van der Waals surface area contributed by atoms with Gasteiger partial charge in [0.05, 0.1) is 11.4 Å². The molecule has 0 saturated carbocycles. The number of hydrogen-bond donors (Lipinski definition) is 1. The Balaban J connectivity index is 0.00000128. The minimum atomic E-state index is 0. The van der Waals surface area contributed by atoms with E-state index in [1.807, 2.05) is 24.6 Å². The van der Waals surface area contributed by atoms with Crippen molar-refractivity contribution < 1.29 is 4.79 Å². The Morgan fingerprint density at radius 3 is 3.06 bits per heavy atom. The number of likely N-dealkylation sites (N-methyl/N-ethyl adjacent to an activating group) is 1. The molecule has 2 heterocycles. The van der Waals surface area contributed by atoms with E-state index >= 15 is 0 Å². The lowest BCUT2D eigenvalue weighted by atomic mass is 10.2. The summed E-state index contributed by atoms with van der Waals surface area (Å²) >= 11 is 1.52. The minimum Gasteiger partial charge on any atom is -0.315 e. The quantitative estimate of drug-likeness (QED) is 0.836. The van der Waals surface area contributed by atoms with Gasteiger partial charge >= 0.3 is 0 Å². The van der Waals surface area contributed by atoms with E-state index < -0.39 is 0 Å². The smallest absolute Gasteiger partial charge is 0.186 e. The number of nitrogens with zero attached hydrogens (tertiary/aromatic N) is 1. The highest BCUT2D eigenvalue weighted by Crippen LogP contribution is 2.12. The number of hydrogen-bond acceptors (Lipinski definition) is 4. The van der Waals surface area contributed by atoms with Crippen LogP contribution in [0, 0.1) is 0 Å². The van der Waals surface area contributed by atoms with Crippen LogP contribution in [0.3, 0.4) is 0 Å². The van der Waals surface area contributed by atoms with Crippen LogP contribution in [0.4, 0.5) is 0 Å². The first kappa shape index (κ1) is 13.6. The van der Waals surface area contributed by atoms with Gasteiger partial charge in [0.15, 0.2) is 5.78 Å². The molecule has 3 nitrogen and oxygen atoms in total. The topological polar surface area (TPSA) is 32.3 Å².